The summed E-state index contributed by atoms with van der Waals surface area (Å²) in [5, 5.41) is 3.15. The lowest BCUT2D eigenvalue weighted by Gasteiger charge is -2.37. The summed E-state index contributed by atoms with van der Waals surface area (Å²) in [6.07, 6.45) is 9.87. The lowest BCUT2D eigenvalue weighted by atomic mass is 9.89. The average molecular weight is 310 g/mol. The number of likely N-dealkylation sites (tertiary alicyclic amines) is 1. The maximum absolute atomic E-state index is 12.3. The van der Waals surface area contributed by atoms with Crippen molar-refractivity contribution in [2.75, 3.05) is 32.8 Å². The molecule has 0 radical (unpaired) electrons. The van der Waals surface area contributed by atoms with Gasteiger partial charge in [-0.2, -0.15) is 0 Å². The van der Waals surface area contributed by atoms with Gasteiger partial charge >= 0.3 is 0 Å². The van der Waals surface area contributed by atoms with Crippen molar-refractivity contribution in [2.45, 2.75) is 63.7 Å². The third kappa shape index (κ3) is 4.43. The van der Waals surface area contributed by atoms with Crippen molar-refractivity contribution in [2.24, 2.45) is 5.92 Å². The van der Waals surface area contributed by atoms with Crippen LogP contribution < -0.4 is 5.32 Å². The van der Waals surface area contributed by atoms with Crippen molar-refractivity contribution in [1.82, 2.24) is 10.2 Å². The molecule has 0 aromatic heterocycles. The number of piperidine rings is 1. The van der Waals surface area contributed by atoms with Crippen LogP contribution in [-0.2, 0) is 14.3 Å². The third-order valence-electron chi connectivity index (χ3n) is 5.29. The van der Waals surface area contributed by atoms with E-state index in [-0.39, 0.29) is 18.2 Å². The molecule has 0 aromatic rings. The zero-order valence-electron chi connectivity index (χ0n) is 13.6. The van der Waals surface area contributed by atoms with Gasteiger partial charge in [0.25, 0.3) is 0 Å². The number of carbonyl (C=O) groups is 1. The molecule has 5 heteroatoms. The predicted octanol–water partition coefficient (Wildman–Crippen LogP) is 1.91. The number of hydrogen-bond donors (Lipinski definition) is 1. The Balaban J connectivity index is 1.43. The second-order valence-corrected chi connectivity index (χ2v) is 6.95. The van der Waals surface area contributed by atoms with E-state index in [1.807, 2.05) is 0 Å². The molecule has 2 saturated heterocycles. The standard InChI is InChI=1S/C17H30N2O3/c20-16(18-12-14-6-2-1-3-7-14)13-19-9-5-4-8-15(19)17-21-10-11-22-17/h14-15,17H,1-13H2,(H,18,20). The van der Waals surface area contributed by atoms with Crippen LogP contribution in [0, 0.1) is 5.92 Å². The highest BCUT2D eigenvalue weighted by Crippen LogP contribution is 2.24. The molecule has 126 valence electrons. The first-order valence-electron chi connectivity index (χ1n) is 9.07. The first-order chi connectivity index (χ1) is 10.8. The third-order valence-corrected chi connectivity index (χ3v) is 5.29. The highest BCUT2D eigenvalue weighted by atomic mass is 16.7. The van der Waals surface area contributed by atoms with Gasteiger partial charge in [-0.05, 0) is 38.1 Å². The summed E-state index contributed by atoms with van der Waals surface area (Å²) in [5.41, 5.74) is 0. The van der Waals surface area contributed by atoms with Crippen LogP contribution in [0.15, 0.2) is 0 Å². The first-order valence-corrected chi connectivity index (χ1v) is 9.07. The molecule has 1 aliphatic carbocycles. The molecular formula is C17H30N2O3. The fourth-order valence-corrected chi connectivity index (χ4v) is 4.01. The van der Waals surface area contributed by atoms with Crippen molar-refractivity contribution in [3.8, 4) is 0 Å². The van der Waals surface area contributed by atoms with Crippen LogP contribution in [0.2, 0.25) is 0 Å². The fourth-order valence-electron chi connectivity index (χ4n) is 4.01. The fraction of sp³-hybridized carbons (Fsp3) is 0.941. The van der Waals surface area contributed by atoms with Crippen molar-refractivity contribution >= 4 is 5.91 Å². The number of carbonyl (C=O) groups excluding carboxylic acids is 1. The molecule has 2 aliphatic heterocycles. The Labute approximate surface area is 133 Å². The van der Waals surface area contributed by atoms with Crippen molar-refractivity contribution < 1.29 is 14.3 Å². The van der Waals surface area contributed by atoms with Crippen LogP contribution in [0.25, 0.3) is 0 Å². The summed E-state index contributed by atoms with van der Waals surface area (Å²) in [6, 6.07) is 0.247. The van der Waals surface area contributed by atoms with Gasteiger partial charge in [0.2, 0.25) is 5.91 Å². The maximum Gasteiger partial charge on any atom is 0.234 e. The molecule has 1 amide bonds. The molecule has 0 aromatic carbocycles. The molecule has 0 spiro atoms. The van der Waals surface area contributed by atoms with Gasteiger partial charge < -0.3 is 14.8 Å². The minimum atomic E-state index is -0.133. The van der Waals surface area contributed by atoms with Crippen molar-refractivity contribution in [1.29, 1.82) is 0 Å². The van der Waals surface area contributed by atoms with E-state index in [1.165, 1.54) is 44.9 Å². The molecule has 3 aliphatic rings. The van der Waals surface area contributed by atoms with E-state index < -0.39 is 0 Å². The molecule has 1 atom stereocenters. The molecule has 1 unspecified atom stereocenters. The van der Waals surface area contributed by atoms with Crippen molar-refractivity contribution in [3.63, 3.8) is 0 Å². The molecule has 2 heterocycles. The zero-order valence-corrected chi connectivity index (χ0v) is 13.6. The van der Waals surface area contributed by atoms with Gasteiger partial charge in [-0.3, -0.25) is 9.69 Å². The van der Waals surface area contributed by atoms with E-state index in [4.69, 9.17) is 9.47 Å². The zero-order chi connectivity index (χ0) is 15.2. The second kappa shape index (κ2) is 8.27. The van der Waals surface area contributed by atoms with E-state index in [2.05, 4.69) is 10.2 Å². The molecule has 0 bridgehead atoms. The summed E-state index contributed by atoms with van der Waals surface area (Å²) in [7, 11) is 0. The Kier molecular flexibility index (Phi) is 6.10. The molecule has 3 rings (SSSR count). The number of ether oxygens (including phenoxy) is 2. The molecule has 22 heavy (non-hydrogen) atoms. The summed E-state index contributed by atoms with van der Waals surface area (Å²) in [6.45, 7) is 3.69. The number of amides is 1. The highest BCUT2D eigenvalue weighted by Gasteiger charge is 2.34. The van der Waals surface area contributed by atoms with Crippen LogP contribution in [-0.4, -0.2) is 56.0 Å². The van der Waals surface area contributed by atoms with Gasteiger partial charge in [0, 0.05) is 6.54 Å². The number of hydrogen-bond acceptors (Lipinski definition) is 4. The Bertz CT molecular complexity index is 352. The molecular weight excluding hydrogens is 280 g/mol. The van der Waals surface area contributed by atoms with E-state index in [9.17, 15) is 4.79 Å². The minimum absolute atomic E-state index is 0.133. The van der Waals surface area contributed by atoms with Gasteiger partial charge in [0.15, 0.2) is 6.29 Å². The van der Waals surface area contributed by atoms with E-state index in [1.54, 1.807) is 0 Å². The largest absolute Gasteiger partial charge is 0.355 e. The van der Waals surface area contributed by atoms with Crippen LogP contribution in [0.3, 0.4) is 0 Å². The summed E-state index contributed by atoms with van der Waals surface area (Å²) < 4.78 is 11.3. The lowest BCUT2D eigenvalue weighted by molar-refractivity contribution is -0.131. The molecule has 3 fully saturated rings. The van der Waals surface area contributed by atoms with Crippen LogP contribution >= 0.6 is 0 Å². The van der Waals surface area contributed by atoms with Crippen LogP contribution in [0.5, 0.6) is 0 Å². The Morgan fingerprint density at radius 1 is 1.00 bits per heavy atom. The topological polar surface area (TPSA) is 50.8 Å². The Morgan fingerprint density at radius 2 is 1.73 bits per heavy atom. The van der Waals surface area contributed by atoms with Gasteiger partial charge in [0.05, 0.1) is 25.8 Å². The van der Waals surface area contributed by atoms with Crippen LogP contribution in [0.4, 0.5) is 0 Å². The van der Waals surface area contributed by atoms with Gasteiger partial charge in [-0.1, -0.05) is 25.7 Å². The number of nitrogens with zero attached hydrogens (tertiary/aromatic N) is 1. The van der Waals surface area contributed by atoms with Gasteiger partial charge in [-0.25, -0.2) is 0 Å². The minimum Gasteiger partial charge on any atom is -0.355 e. The van der Waals surface area contributed by atoms with Crippen LogP contribution in [0.1, 0.15) is 51.4 Å². The quantitative estimate of drug-likeness (QED) is 0.843. The summed E-state index contributed by atoms with van der Waals surface area (Å²) >= 11 is 0. The Hall–Kier alpha value is -0.650. The number of rotatable bonds is 5. The lowest BCUT2D eigenvalue weighted by Crippen LogP contribution is -2.51. The maximum atomic E-state index is 12.3. The van der Waals surface area contributed by atoms with Gasteiger partial charge in [0.1, 0.15) is 0 Å². The SMILES string of the molecule is O=C(CN1CCCCC1C1OCCO1)NCC1CCCCC1. The summed E-state index contributed by atoms with van der Waals surface area (Å²) in [5.74, 6) is 0.854. The normalized spacial score (nSPS) is 28.8. The smallest absolute Gasteiger partial charge is 0.234 e. The van der Waals surface area contributed by atoms with E-state index in [0.717, 1.165) is 19.5 Å². The van der Waals surface area contributed by atoms with E-state index >= 15 is 0 Å². The van der Waals surface area contributed by atoms with Crippen molar-refractivity contribution in [3.05, 3.63) is 0 Å². The average Bonchev–Trinajstić information content (AvgIpc) is 3.09. The molecule has 5 nitrogen and oxygen atoms in total. The second-order valence-electron chi connectivity index (χ2n) is 6.95. The predicted molar refractivity (Wildman–Crippen MR) is 84.5 cm³/mol. The number of nitrogens with one attached hydrogen (secondary N) is 1. The monoisotopic (exact) mass is 310 g/mol. The Morgan fingerprint density at radius 3 is 2.50 bits per heavy atom. The molecule has 1 N–H and O–H groups in total. The van der Waals surface area contributed by atoms with E-state index in [0.29, 0.717) is 25.7 Å². The van der Waals surface area contributed by atoms with Gasteiger partial charge in [-0.15, -0.1) is 0 Å². The first kappa shape index (κ1) is 16.2. The summed E-state index contributed by atoms with van der Waals surface area (Å²) in [4.78, 5) is 14.5. The highest BCUT2D eigenvalue weighted by molar-refractivity contribution is 5.78. The molecule has 1 saturated carbocycles.